The highest BCUT2D eigenvalue weighted by atomic mass is 32.2. The summed E-state index contributed by atoms with van der Waals surface area (Å²) in [6.07, 6.45) is 1.28. The van der Waals surface area contributed by atoms with Crippen LogP contribution in [0.1, 0.15) is 24.5 Å². The summed E-state index contributed by atoms with van der Waals surface area (Å²) >= 11 is 0. The number of nitrogens with one attached hydrogen (secondary N) is 1. The lowest BCUT2D eigenvalue weighted by Crippen LogP contribution is -2.35. The third kappa shape index (κ3) is 3.43. The number of sulfonamides is 1. The third-order valence-corrected chi connectivity index (χ3v) is 5.58. The molecule has 1 aliphatic rings. The number of carbonyl (C=O) groups excluding carboxylic acids is 1. The summed E-state index contributed by atoms with van der Waals surface area (Å²) in [7, 11) is -3.60. The highest BCUT2D eigenvalue weighted by Crippen LogP contribution is 2.24. The van der Waals surface area contributed by atoms with Gasteiger partial charge in [0, 0.05) is 25.2 Å². The maximum atomic E-state index is 12.4. The van der Waals surface area contributed by atoms with Crippen LogP contribution < -0.4 is 4.72 Å². The van der Waals surface area contributed by atoms with Crippen molar-refractivity contribution >= 4 is 21.6 Å². The van der Waals surface area contributed by atoms with Crippen molar-refractivity contribution in [3.63, 3.8) is 0 Å². The van der Waals surface area contributed by atoms with E-state index in [1.807, 2.05) is 24.0 Å². The molecule has 1 amide bonds. The molecule has 3 rings (SSSR count). The Hall–Kier alpha value is -2.34. The smallest absolute Gasteiger partial charge is 0.261 e. The average molecular weight is 344 g/mol. The van der Waals surface area contributed by atoms with Crippen LogP contribution in [0.25, 0.3) is 0 Å². The monoisotopic (exact) mass is 344 g/mol. The van der Waals surface area contributed by atoms with Gasteiger partial charge in [0.15, 0.2) is 0 Å². The number of fused-ring (bicyclic) bond motifs is 1. The molecule has 0 aromatic heterocycles. The summed E-state index contributed by atoms with van der Waals surface area (Å²) < 4.78 is 27.4. The van der Waals surface area contributed by atoms with Gasteiger partial charge in [-0.15, -0.1) is 0 Å². The van der Waals surface area contributed by atoms with E-state index < -0.39 is 10.0 Å². The van der Waals surface area contributed by atoms with E-state index in [2.05, 4.69) is 4.72 Å². The van der Waals surface area contributed by atoms with Gasteiger partial charge in [-0.2, -0.15) is 0 Å². The fourth-order valence-electron chi connectivity index (χ4n) is 2.87. The first-order valence-corrected chi connectivity index (χ1v) is 9.45. The van der Waals surface area contributed by atoms with Crippen LogP contribution in [0.15, 0.2) is 53.4 Å². The topological polar surface area (TPSA) is 66.5 Å². The molecular formula is C18H20N2O3S. The lowest BCUT2D eigenvalue weighted by Gasteiger charge is -2.29. The molecule has 5 nitrogen and oxygen atoms in total. The minimum absolute atomic E-state index is 0.121. The molecule has 2 aromatic carbocycles. The Morgan fingerprint density at radius 3 is 2.58 bits per heavy atom. The van der Waals surface area contributed by atoms with Crippen molar-refractivity contribution in [2.75, 3.05) is 11.3 Å². The molecule has 0 aliphatic carbocycles. The van der Waals surface area contributed by atoms with Crippen LogP contribution in [0, 0.1) is 0 Å². The minimum Gasteiger partial charge on any atom is -0.338 e. The van der Waals surface area contributed by atoms with Crippen LogP contribution >= 0.6 is 0 Å². The van der Waals surface area contributed by atoms with Crippen LogP contribution in [0.5, 0.6) is 0 Å². The van der Waals surface area contributed by atoms with Gasteiger partial charge in [-0.25, -0.2) is 8.42 Å². The number of carbonyl (C=O) groups is 1. The lowest BCUT2D eigenvalue weighted by molar-refractivity contribution is -0.131. The highest BCUT2D eigenvalue weighted by Gasteiger charge is 2.21. The number of nitrogens with zero attached hydrogens (tertiary/aromatic N) is 1. The van der Waals surface area contributed by atoms with Crippen molar-refractivity contribution in [2.24, 2.45) is 0 Å². The molecule has 0 saturated heterocycles. The van der Waals surface area contributed by atoms with E-state index in [0.717, 1.165) is 24.1 Å². The molecule has 0 spiro atoms. The normalized spacial score (nSPS) is 14.1. The Morgan fingerprint density at radius 1 is 1.12 bits per heavy atom. The van der Waals surface area contributed by atoms with E-state index in [1.54, 1.807) is 36.4 Å². The second-order valence-electron chi connectivity index (χ2n) is 5.82. The van der Waals surface area contributed by atoms with Gasteiger partial charge >= 0.3 is 0 Å². The fraction of sp³-hybridized carbons (Fsp3) is 0.278. The van der Waals surface area contributed by atoms with Gasteiger partial charge in [0.1, 0.15) is 0 Å². The Bertz CT molecular complexity index is 848. The molecule has 0 saturated carbocycles. The maximum absolute atomic E-state index is 12.4. The van der Waals surface area contributed by atoms with Crippen LogP contribution in [0.2, 0.25) is 0 Å². The number of hydrogen-bond acceptors (Lipinski definition) is 3. The van der Waals surface area contributed by atoms with Crippen LogP contribution in [0.4, 0.5) is 5.69 Å². The van der Waals surface area contributed by atoms with Crippen LogP contribution in [-0.4, -0.2) is 25.8 Å². The van der Waals surface area contributed by atoms with Gasteiger partial charge in [-0.3, -0.25) is 9.52 Å². The van der Waals surface area contributed by atoms with Crippen LogP contribution in [0.3, 0.4) is 0 Å². The molecule has 6 heteroatoms. The van der Waals surface area contributed by atoms with E-state index in [4.69, 9.17) is 0 Å². The number of hydrogen-bond donors (Lipinski definition) is 1. The first kappa shape index (κ1) is 16.5. The highest BCUT2D eigenvalue weighted by molar-refractivity contribution is 7.92. The number of rotatable bonds is 4. The molecule has 0 fully saturated rings. The van der Waals surface area contributed by atoms with Gasteiger partial charge < -0.3 is 4.90 Å². The van der Waals surface area contributed by atoms with Crippen molar-refractivity contribution in [3.8, 4) is 0 Å². The van der Waals surface area contributed by atoms with Crippen LogP contribution in [-0.2, 0) is 27.8 Å². The van der Waals surface area contributed by atoms with E-state index in [0.29, 0.717) is 18.7 Å². The maximum Gasteiger partial charge on any atom is 0.261 e. The molecule has 126 valence electrons. The van der Waals surface area contributed by atoms with Crippen molar-refractivity contribution in [1.82, 2.24) is 4.90 Å². The second kappa shape index (κ2) is 6.65. The predicted molar refractivity (Wildman–Crippen MR) is 93.1 cm³/mol. The SMILES string of the molecule is CCC(=O)N1CCc2ccc(NS(=O)(=O)c3ccccc3)cc2C1. The van der Waals surface area contributed by atoms with Crippen molar-refractivity contribution in [3.05, 3.63) is 59.7 Å². The largest absolute Gasteiger partial charge is 0.338 e. The molecule has 0 bridgehead atoms. The Kier molecular flexibility index (Phi) is 4.57. The molecule has 1 heterocycles. The molecule has 1 N–H and O–H groups in total. The Labute approximate surface area is 142 Å². The standard InChI is InChI=1S/C18H20N2O3S/c1-2-18(21)20-11-10-14-8-9-16(12-15(14)13-20)19-24(22,23)17-6-4-3-5-7-17/h3-9,12,19H,2,10-11,13H2,1H3. The summed E-state index contributed by atoms with van der Waals surface area (Å²) in [5.41, 5.74) is 2.68. The summed E-state index contributed by atoms with van der Waals surface area (Å²) in [5.74, 6) is 0.121. The lowest BCUT2D eigenvalue weighted by atomic mass is 9.99. The first-order valence-electron chi connectivity index (χ1n) is 7.97. The number of benzene rings is 2. The summed E-state index contributed by atoms with van der Waals surface area (Å²) in [4.78, 5) is 13.9. The first-order chi connectivity index (χ1) is 11.5. The molecular weight excluding hydrogens is 324 g/mol. The summed E-state index contributed by atoms with van der Waals surface area (Å²) in [5, 5.41) is 0. The zero-order valence-corrected chi connectivity index (χ0v) is 14.3. The number of anilines is 1. The zero-order valence-electron chi connectivity index (χ0n) is 13.5. The van der Waals surface area contributed by atoms with Gasteiger partial charge in [-0.05, 0) is 41.8 Å². The molecule has 0 unspecified atom stereocenters. The van der Waals surface area contributed by atoms with Crippen molar-refractivity contribution in [1.29, 1.82) is 0 Å². The van der Waals surface area contributed by atoms with Gasteiger partial charge in [0.2, 0.25) is 5.91 Å². The predicted octanol–water partition coefficient (Wildman–Crippen LogP) is 2.78. The third-order valence-electron chi connectivity index (χ3n) is 4.18. The van der Waals surface area contributed by atoms with E-state index in [1.165, 1.54) is 0 Å². The minimum atomic E-state index is -3.60. The van der Waals surface area contributed by atoms with Gasteiger partial charge in [0.25, 0.3) is 10.0 Å². The van der Waals surface area contributed by atoms with Crippen molar-refractivity contribution in [2.45, 2.75) is 31.2 Å². The van der Waals surface area contributed by atoms with Gasteiger partial charge in [0.05, 0.1) is 4.90 Å². The Balaban J connectivity index is 1.83. The molecule has 0 atom stereocenters. The molecule has 1 aliphatic heterocycles. The number of amides is 1. The fourth-order valence-corrected chi connectivity index (χ4v) is 3.94. The van der Waals surface area contributed by atoms with Gasteiger partial charge in [-0.1, -0.05) is 31.2 Å². The quantitative estimate of drug-likeness (QED) is 0.927. The molecule has 24 heavy (non-hydrogen) atoms. The second-order valence-corrected chi connectivity index (χ2v) is 7.50. The Morgan fingerprint density at radius 2 is 1.88 bits per heavy atom. The summed E-state index contributed by atoms with van der Waals surface area (Å²) in [6, 6.07) is 13.8. The van der Waals surface area contributed by atoms with E-state index in [-0.39, 0.29) is 10.8 Å². The van der Waals surface area contributed by atoms with E-state index in [9.17, 15) is 13.2 Å². The zero-order chi connectivity index (χ0) is 17.2. The van der Waals surface area contributed by atoms with Crippen molar-refractivity contribution < 1.29 is 13.2 Å². The van der Waals surface area contributed by atoms with E-state index >= 15 is 0 Å². The molecule has 0 radical (unpaired) electrons. The molecule has 2 aromatic rings. The average Bonchev–Trinajstić information content (AvgIpc) is 2.61. The summed E-state index contributed by atoms with van der Waals surface area (Å²) in [6.45, 7) is 3.10.